The van der Waals surface area contributed by atoms with Gasteiger partial charge in [0.15, 0.2) is 0 Å². The van der Waals surface area contributed by atoms with Crippen LogP contribution >= 0.6 is 15.9 Å². The molecule has 100 valence electrons. The van der Waals surface area contributed by atoms with Gasteiger partial charge in [0.05, 0.1) is 18.4 Å². The summed E-state index contributed by atoms with van der Waals surface area (Å²) in [6, 6.07) is 5.61. The molecule has 2 N–H and O–H groups in total. The third-order valence-electron chi connectivity index (χ3n) is 2.73. The Morgan fingerprint density at radius 2 is 2.32 bits per heavy atom. The molecule has 1 aromatic heterocycles. The molecular weight excluding hydrogens is 310 g/mol. The number of amides is 1. The molecule has 0 atom stereocenters. The van der Waals surface area contributed by atoms with Crippen molar-refractivity contribution in [1.82, 2.24) is 10.2 Å². The molecule has 1 aromatic carbocycles. The maximum atomic E-state index is 12.1. The molecule has 1 heterocycles. The van der Waals surface area contributed by atoms with Crippen LogP contribution in [0, 0.1) is 6.92 Å². The maximum absolute atomic E-state index is 12.1. The zero-order valence-corrected chi connectivity index (χ0v) is 12.2. The summed E-state index contributed by atoms with van der Waals surface area (Å²) in [5.74, 6) is -0.193. The monoisotopic (exact) mass is 323 g/mol. The standard InChI is InChI=1S/C13H14BrN3O2/c1-8-9(6-15-17-8)13(18)16-12-5-3-4-11(14)10(12)7-19-2/h3-6H,7H2,1-2H3,(H,15,17)(H,16,18). The number of carbonyl (C=O) groups excluding carboxylic acids is 1. The van der Waals surface area contributed by atoms with E-state index in [4.69, 9.17) is 4.74 Å². The van der Waals surface area contributed by atoms with E-state index < -0.39 is 0 Å². The number of aryl methyl sites for hydroxylation is 1. The number of carbonyl (C=O) groups is 1. The van der Waals surface area contributed by atoms with Crippen LogP contribution in [0.5, 0.6) is 0 Å². The minimum absolute atomic E-state index is 0.193. The van der Waals surface area contributed by atoms with Crippen LogP contribution in [-0.4, -0.2) is 23.2 Å². The average Bonchev–Trinajstić information content (AvgIpc) is 2.80. The van der Waals surface area contributed by atoms with E-state index in [0.29, 0.717) is 12.2 Å². The number of hydrogen-bond acceptors (Lipinski definition) is 3. The maximum Gasteiger partial charge on any atom is 0.259 e. The van der Waals surface area contributed by atoms with Gasteiger partial charge in [-0.25, -0.2) is 0 Å². The van der Waals surface area contributed by atoms with Crippen molar-refractivity contribution < 1.29 is 9.53 Å². The Morgan fingerprint density at radius 3 is 2.95 bits per heavy atom. The van der Waals surface area contributed by atoms with Gasteiger partial charge in [-0.15, -0.1) is 0 Å². The van der Waals surface area contributed by atoms with Crippen LogP contribution in [0.2, 0.25) is 0 Å². The number of halogens is 1. The molecular formula is C13H14BrN3O2. The predicted octanol–water partition coefficient (Wildman–Crippen LogP) is 2.88. The highest BCUT2D eigenvalue weighted by Gasteiger charge is 2.14. The second-order valence-corrected chi connectivity index (χ2v) is 4.92. The van der Waals surface area contributed by atoms with Gasteiger partial charge < -0.3 is 10.1 Å². The molecule has 2 aromatic rings. The molecule has 0 bridgehead atoms. The Labute approximate surface area is 119 Å². The van der Waals surface area contributed by atoms with Gasteiger partial charge in [-0.05, 0) is 19.1 Å². The summed E-state index contributed by atoms with van der Waals surface area (Å²) < 4.78 is 6.04. The molecule has 5 nitrogen and oxygen atoms in total. The van der Waals surface area contributed by atoms with Gasteiger partial charge in [0, 0.05) is 28.5 Å². The van der Waals surface area contributed by atoms with E-state index in [1.807, 2.05) is 18.2 Å². The van der Waals surface area contributed by atoms with E-state index in [1.54, 1.807) is 14.0 Å². The summed E-state index contributed by atoms with van der Waals surface area (Å²) in [5.41, 5.74) is 2.89. The largest absolute Gasteiger partial charge is 0.380 e. The second kappa shape index (κ2) is 5.99. The molecule has 1 amide bonds. The summed E-state index contributed by atoms with van der Waals surface area (Å²) in [5, 5.41) is 9.45. The van der Waals surface area contributed by atoms with Crippen molar-refractivity contribution in [3.8, 4) is 0 Å². The van der Waals surface area contributed by atoms with Crippen molar-refractivity contribution in [1.29, 1.82) is 0 Å². The molecule has 0 radical (unpaired) electrons. The predicted molar refractivity (Wildman–Crippen MR) is 76.1 cm³/mol. The Hall–Kier alpha value is -1.66. The van der Waals surface area contributed by atoms with E-state index in [9.17, 15) is 4.79 Å². The first kappa shape index (κ1) is 13.8. The van der Waals surface area contributed by atoms with Crippen LogP contribution in [-0.2, 0) is 11.3 Å². The van der Waals surface area contributed by atoms with Crippen LogP contribution in [0.15, 0.2) is 28.9 Å². The number of benzene rings is 1. The molecule has 0 unspecified atom stereocenters. The molecule has 0 aliphatic heterocycles. The fourth-order valence-corrected chi connectivity index (χ4v) is 2.22. The average molecular weight is 324 g/mol. The quantitative estimate of drug-likeness (QED) is 0.909. The molecule has 0 spiro atoms. The smallest absolute Gasteiger partial charge is 0.259 e. The number of nitrogens with zero attached hydrogens (tertiary/aromatic N) is 1. The summed E-state index contributed by atoms with van der Waals surface area (Å²) >= 11 is 3.45. The minimum Gasteiger partial charge on any atom is -0.380 e. The normalized spacial score (nSPS) is 10.5. The van der Waals surface area contributed by atoms with Crippen LogP contribution in [0.1, 0.15) is 21.6 Å². The number of anilines is 1. The van der Waals surface area contributed by atoms with Gasteiger partial charge in [0.25, 0.3) is 5.91 Å². The molecule has 6 heteroatoms. The van der Waals surface area contributed by atoms with Crippen LogP contribution in [0.3, 0.4) is 0 Å². The zero-order valence-electron chi connectivity index (χ0n) is 10.7. The molecule has 0 saturated carbocycles. The Bertz CT molecular complexity index is 595. The Kier molecular flexibility index (Phi) is 4.34. The summed E-state index contributed by atoms with van der Waals surface area (Å²) in [4.78, 5) is 12.1. The number of rotatable bonds is 4. The fraction of sp³-hybridized carbons (Fsp3) is 0.231. The first-order chi connectivity index (χ1) is 9.13. The third-order valence-corrected chi connectivity index (χ3v) is 3.47. The van der Waals surface area contributed by atoms with Gasteiger partial charge >= 0.3 is 0 Å². The van der Waals surface area contributed by atoms with E-state index >= 15 is 0 Å². The molecule has 0 fully saturated rings. The van der Waals surface area contributed by atoms with Crippen molar-refractivity contribution in [3.63, 3.8) is 0 Å². The molecule has 0 saturated heterocycles. The number of aromatic amines is 1. The number of hydrogen-bond donors (Lipinski definition) is 2. The number of H-pyrrole nitrogens is 1. The van der Waals surface area contributed by atoms with Crippen molar-refractivity contribution in [2.45, 2.75) is 13.5 Å². The lowest BCUT2D eigenvalue weighted by atomic mass is 10.1. The summed E-state index contributed by atoms with van der Waals surface area (Å²) in [7, 11) is 1.62. The lowest BCUT2D eigenvalue weighted by Crippen LogP contribution is -2.14. The van der Waals surface area contributed by atoms with Gasteiger partial charge in [0.2, 0.25) is 0 Å². The topological polar surface area (TPSA) is 67.0 Å². The second-order valence-electron chi connectivity index (χ2n) is 4.06. The van der Waals surface area contributed by atoms with Crippen molar-refractivity contribution in [2.24, 2.45) is 0 Å². The van der Waals surface area contributed by atoms with E-state index in [0.717, 1.165) is 21.4 Å². The van der Waals surface area contributed by atoms with Crippen LogP contribution in [0.4, 0.5) is 5.69 Å². The fourth-order valence-electron chi connectivity index (χ4n) is 1.74. The highest BCUT2D eigenvalue weighted by atomic mass is 79.9. The number of ether oxygens (including phenoxy) is 1. The number of nitrogens with one attached hydrogen (secondary N) is 2. The first-order valence-electron chi connectivity index (χ1n) is 5.71. The highest BCUT2D eigenvalue weighted by molar-refractivity contribution is 9.10. The minimum atomic E-state index is -0.193. The van der Waals surface area contributed by atoms with Crippen molar-refractivity contribution >= 4 is 27.5 Å². The Morgan fingerprint density at radius 1 is 1.53 bits per heavy atom. The first-order valence-corrected chi connectivity index (χ1v) is 6.50. The van der Waals surface area contributed by atoms with Crippen molar-refractivity contribution in [2.75, 3.05) is 12.4 Å². The van der Waals surface area contributed by atoms with Gasteiger partial charge in [-0.3, -0.25) is 9.89 Å². The molecule has 2 rings (SSSR count). The van der Waals surface area contributed by atoms with E-state index in [-0.39, 0.29) is 5.91 Å². The van der Waals surface area contributed by atoms with Gasteiger partial charge in [-0.1, -0.05) is 22.0 Å². The lowest BCUT2D eigenvalue weighted by molar-refractivity contribution is 0.102. The highest BCUT2D eigenvalue weighted by Crippen LogP contribution is 2.26. The van der Waals surface area contributed by atoms with E-state index in [2.05, 4.69) is 31.4 Å². The van der Waals surface area contributed by atoms with Gasteiger partial charge in [0.1, 0.15) is 0 Å². The number of methoxy groups -OCH3 is 1. The molecule has 19 heavy (non-hydrogen) atoms. The number of aromatic nitrogens is 2. The van der Waals surface area contributed by atoms with Gasteiger partial charge in [-0.2, -0.15) is 5.10 Å². The SMILES string of the molecule is COCc1c(Br)cccc1NC(=O)c1cn[nH]c1C. The molecule has 0 aliphatic rings. The Balaban J connectivity index is 2.26. The summed E-state index contributed by atoms with van der Waals surface area (Å²) in [6.45, 7) is 2.22. The summed E-state index contributed by atoms with van der Waals surface area (Å²) in [6.07, 6.45) is 1.51. The third kappa shape index (κ3) is 3.02. The van der Waals surface area contributed by atoms with E-state index in [1.165, 1.54) is 6.20 Å². The van der Waals surface area contributed by atoms with Crippen LogP contribution < -0.4 is 5.32 Å². The zero-order chi connectivity index (χ0) is 13.8. The molecule has 0 aliphatic carbocycles. The van der Waals surface area contributed by atoms with Crippen molar-refractivity contribution in [3.05, 3.63) is 45.7 Å². The van der Waals surface area contributed by atoms with Crippen LogP contribution in [0.25, 0.3) is 0 Å². The lowest BCUT2D eigenvalue weighted by Gasteiger charge is -2.12.